The molecular weight excluding hydrogens is 216 g/mol. The third-order valence-corrected chi connectivity index (χ3v) is 3.62. The van der Waals surface area contributed by atoms with E-state index in [2.05, 4.69) is 19.1 Å². The molecule has 2 aromatic rings. The van der Waals surface area contributed by atoms with E-state index >= 15 is 0 Å². The maximum absolute atomic E-state index is 9.64. The zero-order valence-electron chi connectivity index (χ0n) is 9.18. The Morgan fingerprint density at radius 3 is 2.44 bits per heavy atom. The number of hydrogen-bond acceptors (Lipinski definition) is 2. The van der Waals surface area contributed by atoms with Crippen LogP contribution in [0.4, 0.5) is 0 Å². The van der Waals surface area contributed by atoms with Crippen molar-refractivity contribution in [2.24, 2.45) is 0 Å². The Labute approximate surface area is 100 Å². The maximum Gasteiger partial charge on any atom is 0.129 e. The van der Waals surface area contributed by atoms with Crippen molar-refractivity contribution in [3.8, 4) is 5.75 Å². The van der Waals surface area contributed by atoms with Gasteiger partial charge >= 0.3 is 0 Å². The lowest BCUT2D eigenvalue weighted by Crippen LogP contribution is -1.85. The van der Waals surface area contributed by atoms with Crippen molar-refractivity contribution in [1.29, 1.82) is 0 Å². The quantitative estimate of drug-likeness (QED) is 0.804. The Morgan fingerprint density at radius 2 is 1.69 bits per heavy atom. The lowest BCUT2D eigenvalue weighted by molar-refractivity contribution is 0.462. The summed E-state index contributed by atoms with van der Waals surface area (Å²) in [6.45, 7) is 2.11. The summed E-state index contributed by atoms with van der Waals surface area (Å²) in [6.07, 6.45) is 0. The number of phenols is 1. The highest BCUT2D eigenvalue weighted by Gasteiger charge is 2.02. The molecule has 0 radical (unpaired) electrons. The van der Waals surface area contributed by atoms with E-state index in [0.717, 1.165) is 10.6 Å². The highest BCUT2D eigenvalue weighted by Crippen LogP contribution is 2.30. The van der Waals surface area contributed by atoms with Crippen molar-refractivity contribution in [1.82, 2.24) is 0 Å². The molecule has 2 rings (SSSR count). The molecule has 1 N–H and O–H groups in total. The lowest BCUT2D eigenvalue weighted by atomic mass is 10.1. The molecule has 2 aromatic carbocycles. The Bertz CT molecular complexity index is 434. The average Bonchev–Trinajstić information content (AvgIpc) is 2.30. The fourth-order valence-corrected chi connectivity index (χ4v) is 2.53. The van der Waals surface area contributed by atoms with Gasteiger partial charge in [-0.15, -0.1) is 11.8 Å². The summed E-state index contributed by atoms with van der Waals surface area (Å²) in [4.78, 5) is 0.936. The minimum absolute atomic E-state index is 0.362. The van der Waals surface area contributed by atoms with Gasteiger partial charge in [-0.2, -0.15) is 0 Å². The number of aryl methyl sites for hydroxylation is 1. The highest BCUT2D eigenvalue weighted by atomic mass is 32.2. The summed E-state index contributed by atoms with van der Waals surface area (Å²) in [5.41, 5.74) is 2.61. The van der Waals surface area contributed by atoms with E-state index < -0.39 is 0 Å². The Balaban J connectivity index is 2.09. The second-order valence-corrected chi connectivity index (χ2v) is 4.70. The molecule has 0 spiro atoms. The van der Waals surface area contributed by atoms with Crippen LogP contribution in [0.2, 0.25) is 0 Å². The van der Waals surface area contributed by atoms with Crippen LogP contribution in [-0.2, 0) is 5.75 Å². The first-order valence-corrected chi connectivity index (χ1v) is 6.21. The van der Waals surface area contributed by atoms with Gasteiger partial charge in [0.2, 0.25) is 0 Å². The van der Waals surface area contributed by atoms with Gasteiger partial charge in [0.1, 0.15) is 5.75 Å². The lowest BCUT2D eigenvalue weighted by Gasteiger charge is -2.06. The normalized spacial score (nSPS) is 10.3. The molecular formula is C14H14OS. The maximum atomic E-state index is 9.64. The third-order valence-electron chi connectivity index (χ3n) is 2.51. The third kappa shape index (κ3) is 2.58. The van der Waals surface area contributed by atoms with Gasteiger partial charge in [0, 0.05) is 10.6 Å². The van der Waals surface area contributed by atoms with Gasteiger partial charge in [-0.1, -0.05) is 36.4 Å². The smallest absolute Gasteiger partial charge is 0.129 e. The SMILES string of the molecule is Cc1ccccc1CSc1ccccc1O. The van der Waals surface area contributed by atoms with E-state index in [1.54, 1.807) is 17.8 Å². The predicted molar refractivity (Wildman–Crippen MR) is 68.8 cm³/mol. The van der Waals surface area contributed by atoms with E-state index in [4.69, 9.17) is 0 Å². The van der Waals surface area contributed by atoms with Crippen LogP contribution in [0, 0.1) is 6.92 Å². The predicted octanol–water partition coefficient (Wildman–Crippen LogP) is 3.99. The van der Waals surface area contributed by atoms with Crippen LogP contribution in [0.25, 0.3) is 0 Å². The van der Waals surface area contributed by atoms with Crippen LogP contribution < -0.4 is 0 Å². The van der Waals surface area contributed by atoms with Gasteiger partial charge in [-0.05, 0) is 30.2 Å². The van der Waals surface area contributed by atoms with E-state index in [1.165, 1.54) is 11.1 Å². The Morgan fingerprint density at radius 1 is 1.00 bits per heavy atom. The molecule has 0 fully saturated rings. The fourth-order valence-electron chi connectivity index (χ4n) is 1.51. The van der Waals surface area contributed by atoms with Crippen molar-refractivity contribution in [2.45, 2.75) is 17.6 Å². The van der Waals surface area contributed by atoms with Crippen LogP contribution in [0.5, 0.6) is 5.75 Å². The first kappa shape index (κ1) is 11.1. The minimum Gasteiger partial charge on any atom is -0.507 e. The largest absolute Gasteiger partial charge is 0.507 e. The summed E-state index contributed by atoms with van der Waals surface area (Å²) < 4.78 is 0. The second kappa shape index (κ2) is 5.08. The molecule has 2 heteroatoms. The summed E-state index contributed by atoms with van der Waals surface area (Å²) in [5.74, 6) is 1.26. The van der Waals surface area contributed by atoms with Crippen molar-refractivity contribution in [3.63, 3.8) is 0 Å². The number of thioether (sulfide) groups is 1. The van der Waals surface area contributed by atoms with Gasteiger partial charge in [0.25, 0.3) is 0 Å². The van der Waals surface area contributed by atoms with Gasteiger partial charge < -0.3 is 5.11 Å². The van der Waals surface area contributed by atoms with Crippen molar-refractivity contribution >= 4 is 11.8 Å². The topological polar surface area (TPSA) is 20.2 Å². The zero-order valence-corrected chi connectivity index (χ0v) is 10.00. The van der Waals surface area contributed by atoms with Gasteiger partial charge in [-0.3, -0.25) is 0 Å². The molecule has 0 bridgehead atoms. The number of aromatic hydroxyl groups is 1. The number of rotatable bonds is 3. The van der Waals surface area contributed by atoms with Crippen molar-refractivity contribution < 1.29 is 5.11 Å². The molecule has 16 heavy (non-hydrogen) atoms. The molecule has 0 saturated carbocycles. The molecule has 0 saturated heterocycles. The van der Waals surface area contributed by atoms with Crippen LogP contribution in [0.3, 0.4) is 0 Å². The molecule has 0 aliphatic rings. The first-order valence-electron chi connectivity index (χ1n) is 5.22. The number of phenolic OH excluding ortho intramolecular Hbond substituents is 1. The van der Waals surface area contributed by atoms with Gasteiger partial charge in [0.15, 0.2) is 0 Å². The standard InChI is InChI=1S/C14H14OS/c1-11-6-2-3-7-12(11)10-16-14-9-5-4-8-13(14)15/h2-9,15H,10H2,1H3. The first-order chi connectivity index (χ1) is 7.77. The van der Waals surface area contributed by atoms with E-state index in [0.29, 0.717) is 5.75 Å². The fraction of sp³-hybridized carbons (Fsp3) is 0.143. The summed E-state index contributed by atoms with van der Waals surface area (Å²) in [5, 5.41) is 9.64. The number of hydrogen-bond donors (Lipinski definition) is 1. The summed E-state index contributed by atoms with van der Waals surface area (Å²) in [7, 11) is 0. The molecule has 82 valence electrons. The minimum atomic E-state index is 0.362. The second-order valence-electron chi connectivity index (χ2n) is 3.68. The molecule has 0 atom stereocenters. The number of benzene rings is 2. The Kier molecular flexibility index (Phi) is 3.52. The van der Waals surface area contributed by atoms with Crippen molar-refractivity contribution in [3.05, 3.63) is 59.7 Å². The van der Waals surface area contributed by atoms with Gasteiger partial charge in [0.05, 0.1) is 0 Å². The Hall–Kier alpha value is -1.41. The molecule has 0 aromatic heterocycles. The monoisotopic (exact) mass is 230 g/mol. The van der Waals surface area contributed by atoms with Crippen LogP contribution in [-0.4, -0.2) is 5.11 Å². The van der Waals surface area contributed by atoms with E-state index in [1.807, 2.05) is 30.3 Å². The average molecular weight is 230 g/mol. The highest BCUT2D eigenvalue weighted by molar-refractivity contribution is 7.98. The molecule has 0 aliphatic carbocycles. The van der Waals surface area contributed by atoms with Crippen LogP contribution in [0.1, 0.15) is 11.1 Å². The molecule has 0 amide bonds. The summed E-state index contributed by atoms with van der Waals surface area (Å²) >= 11 is 1.66. The molecule has 1 nitrogen and oxygen atoms in total. The zero-order chi connectivity index (χ0) is 11.4. The van der Waals surface area contributed by atoms with Crippen molar-refractivity contribution in [2.75, 3.05) is 0 Å². The van der Waals surface area contributed by atoms with E-state index in [-0.39, 0.29) is 0 Å². The van der Waals surface area contributed by atoms with Gasteiger partial charge in [-0.25, -0.2) is 0 Å². The summed E-state index contributed by atoms with van der Waals surface area (Å²) in [6, 6.07) is 15.8. The van der Waals surface area contributed by atoms with Crippen LogP contribution in [0.15, 0.2) is 53.4 Å². The van der Waals surface area contributed by atoms with E-state index in [9.17, 15) is 5.11 Å². The molecule has 0 aliphatic heterocycles. The molecule has 0 unspecified atom stereocenters. The van der Waals surface area contributed by atoms with Crippen LogP contribution >= 0.6 is 11.8 Å². The number of para-hydroxylation sites is 1. The molecule has 0 heterocycles.